The highest BCUT2D eigenvalue weighted by atomic mass is 16.1. The average molecular weight is 276 g/mol. The Labute approximate surface area is 123 Å². The van der Waals surface area contributed by atoms with Gasteiger partial charge in [0.05, 0.1) is 11.1 Å². The van der Waals surface area contributed by atoms with Crippen LogP contribution < -0.4 is 5.32 Å². The number of amides is 1. The molecule has 1 aromatic heterocycles. The molecule has 3 nitrogen and oxygen atoms in total. The molecule has 21 heavy (non-hydrogen) atoms. The maximum absolute atomic E-state index is 12.5. The molecule has 0 unspecified atom stereocenters. The first-order valence-corrected chi connectivity index (χ1v) is 6.87. The number of rotatable bonds is 2. The minimum Gasteiger partial charge on any atom is -0.322 e. The third kappa shape index (κ3) is 2.63. The Balaban J connectivity index is 1.97. The van der Waals surface area contributed by atoms with Gasteiger partial charge in [-0.05, 0) is 37.6 Å². The van der Waals surface area contributed by atoms with Crippen LogP contribution in [0, 0.1) is 13.8 Å². The van der Waals surface area contributed by atoms with E-state index in [2.05, 4.69) is 16.4 Å². The first kappa shape index (κ1) is 13.3. The summed E-state index contributed by atoms with van der Waals surface area (Å²) in [7, 11) is 0. The lowest BCUT2D eigenvalue weighted by Gasteiger charge is -2.10. The summed E-state index contributed by atoms with van der Waals surface area (Å²) in [6.07, 6.45) is 1.70. The van der Waals surface area contributed by atoms with Gasteiger partial charge < -0.3 is 5.32 Å². The fourth-order valence-corrected chi connectivity index (χ4v) is 2.43. The number of anilines is 1. The number of aromatic nitrogens is 1. The van der Waals surface area contributed by atoms with Crippen LogP contribution in [0.4, 0.5) is 5.69 Å². The van der Waals surface area contributed by atoms with Gasteiger partial charge in [-0.1, -0.05) is 35.9 Å². The van der Waals surface area contributed by atoms with Crippen molar-refractivity contribution >= 4 is 22.5 Å². The molecule has 3 aromatic rings. The van der Waals surface area contributed by atoms with Gasteiger partial charge in [-0.3, -0.25) is 9.78 Å². The Kier molecular flexibility index (Phi) is 3.40. The number of carbonyl (C=O) groups is 1. The van der Waals surface area contributed by atoms with Gasteiger partial charge in [0.15, 0.2) is 0 Å². The molecule has 0 atom stereocenters. The number of nitrogens with zero attached hydrogens (tertiary/aromatic N) is 1. The van der Waals surface area contributed by atoms with E-state index in [1.807, 2.05) is 50.2 Å². The zero-order valence-electron chi connectivity index (χ0n) is 12.1. The Bertz CT molecular complexity index is 819. The molecule has 1 amide bonds. The number of fused-ring (bicyclic) bond motifs is 1. The SMILES string of the molecule is Cc1ccc(NC(=O)c2cccc3cccnc23)c(C)c1. The van der Waals surface area contributed by atoms with Crippen LogP contribution in [0.2, 0.25) is 0 Å². The molecule has 0 spiro atoms. The quantitative estimate of drug-likeness (QED) is 0.765. The second kappa shape index (κ2) is 5.37. The van der Waals surface area contributed by atoms with Crippen molar-refractivity contribution in [3.8, 4) is 0 Å². The normalized spacial score (nSPS) is 10.6. The third-order valence-corrected chi connectivity index (χ3v) is 3.51. The van der Waals surface area contributed by atoms with E-state index in [1.165, 1.54) is 5.56 Å². The first-order valence-electron chi connectivity index (χ1n) is 6.87. The van der Waals surface area contributed by atoms with Gasteiger partial charge in [-0.25, -0.2) is 0 Å². The number of pyridine rings is 1. The minimum atomic E-state index is -0.133. The fraction of sp³-hybridized carbons (Fsp3) is 0.111. The second-order valence-corrected chi connectivity index (χ2v) is 5.15. The Hall–Kier alpha value is -2.68. The van der Waals surface area contributed by atoms with E-state index in [1.54, 1.807) is 12.3 Å². The van der Waals surface area contributed by atoms with E-state index in [9.17, 15) is 4.79 Å². The summed E-state index contributed by atoms with van der Waals surface area (Å²) in [5.74, 6) is -0.133. The van der Waals surface area contributed by atoms with Gasteiger partial charge in [0.1, 0.15) is 0 Å². The van der Waals surface area contributed by atoms with Gasteiger partial charge in [0, 0.05) is 17.3 Å². The number of para-hydroxylation sites is 1. The van der Waals surface area contributed by atoms with Crippen molar-refractivity contribution in [2.45, 2.75) is 13.8 Å². The molecule has 104 valence electrons. The van der Waals surface area contributed by atoms with E-state index in [-0.39, 0.29) is 5.91 Å². The van der Waals surface area contributed by atoms with Crippen LogP contribution in [0.5, 0.6) is 0 Å². The van der Waals surface area contributed by atoms with Gasteiger partial charge >= 0.3 is 0 Å². The summed E-state index contributed by atoms with van der Waals surface area (Å²) in [6, 6.07) is 15.4. The summed E-state index contributed by atoms with van der Waals surface area (Å²) < 4.78 is 0. The highest BCUT2D eigenvalue weighted by molar-refractivity contribution is 6.12. The molecule has 0 aliphatic heterocycles. The van der Waals surface area contributed by atoms with Gasteiger partial charge in [0.25, 0.3) is 5.91 Å². The van der Waals surface area contributed by atoms with E-state index in [4.69, 9.17) is 0 Å². The molecule has 0 saturated heterocycles. The molecule has 0 aliphatic rings. The number of nitrogens with one attached hydrogen (secondary N) is 1. The van der Waals surface area contributed by atoms with Crippen molar-refractivity contribution in [1.82, 2.24) is 4.98 Å². The maximum Gasteiger partial charge on any atom is 0.257 e. The fourth-order valence-electron chi connectivity index (χ4n) is 2.43. The van der Waals surface area contributed by atoms with E-state index < -0.39 is 0 Å². The van der Waals surface area contributed by atoms with Crippen LogP contribution in [0.25, 0.3) is 10.9 Å². The standard InChI is InChI=1S/C18H16N2O/c1-12-8-9-16(13(2)11-12)20-18(21)15-7-3-5-14-6-4-10-19-17(14)15/h3-11H,1-2H3,(H,20,21). The lowest BCUT2D eigenvalue weighted by atomic mass is 10.1. The van der Waals surface area contributed by atoms with Crippen molar-refractivity contribution in [3.05, 3.63) is 71.4 Å². The van der Waals surface area contributed by atoms with Gasteiger partial charge in [-0.2, -0.15) is 0 Å². The van der Waals surface area contributed by atoms with Crippen molar-refractivity contribution in [2.75, 3.05) is 5.32 Å². The van der Waals surface area contributed by atoms with Crippen molar-refractivity contribution < 1.29 is 4.79 Å². The van der Waals surface area contributed by atoms with Crippen molar-refractivity contribution in [1.29, 1.82) is 0 Å². The van der Waals surface area contributed by atoms with Gasteiger partial charge in [-0.15, -0.1) is 0 Å². The predicted molar refractivity (Wildman–Crippen MR) is 85.6 cm³/mol. The molecule has 1 heterocycles. The number of carbonyl (C=O) groups excluding carboxylic acids is 1. The topological polar surface area (TPSA) is 42.0 Å². The molecular weight excluding hydrogens is 260 g/mol. The largest absolute Gasteiger partial charge is 0.322 e. The smallest absolute Gasteiger partial charge is 0.257 e. The molecule has 0 saturated carbocycles. The van der Waals surface area contributed by atoms with Crippen LogP contribution >= 0.6 is 0 Å². The molecule has 0 radical (unpaired) electrons. The molecule has 3 rings (SSSR count). The molecule has 1 N–H and O–H groups in total. The summed E-state index contributed by atoms with van der Waals surface area (Å²) in [4.78, 5) is 16.8. The first-order chi connectivity index (χ1) is 10.1. The minimum absolute atomic E-state index is 0.133. The monoisotopic (exact) mass is 276 g/mol. The molecule has 3 heteroatoms. The van der Waals surface area contributed by atoms with Crippen LogP contribution in [-0.4, -0.2) is 10.9 Å². The van der Waals surface area contributed by atoms with E-state index in [0.717, 1.165) is 22.2 Å². The van der Waals surface area contributed by atoms with E-state index in [0.29, 0.717) is 5.56 Å². The van der Waals surface area contributed by atoms with Crippen LogP contribution in [-0.2, 0) is 0 Å². The van der Waals surface area contributed by atoms with Crippen LogP contribution in [0.15, 0.2) is 54.7 Å². The third-order valence-electron chi connectivity index (χ3n) is 3.51. The lowest BCUT2D eigenvalue weighted by molar-refractivity contribution is 0.102. The Morgan fingerprint density at radius 2 is 1.86 bits per heavy atom. The number of benzene rings is 2. The summed E-state index contributed by atoms with van der Waals surface area (Å²) in [5, 5.41) is 3.93. The second-order valence-electron chi connectivity index (χ2n) is 5.15. The molecule has 0 aliphatic carbocycles. The molecular formula is C18H16N2O. The predicted octanol–water partition coefficient (Wildman–Crippen LogP) is 4.10. The number of aryl methyl sites for hydroxylation is 2. The zero-order chi connectivity index (χ0) is 14.8. The Morgan fingerprint density at radius 1 is 1.05 bits per heavy atom. The molecule has 2 aromatic carbocycles. The summed E-state index contributed by atoms with van der Waals surface area (Å²) in [6.45, 7) is 4.02. The van der Waals surface area contributed by atoms with Gasteiger partial charge in [0.2, 0.25) is 0 Å². The maximum atomic E-state index is 12.5. The van der Waals surface area contributed by atoms with Crippen molar-refractivity contribution in [2.24, 2.45) is 0 Å². The highest BCUT2D eigenvalue weighted by Crippen LogP contribution is 2.20. The van der Waals surface area contributed by atoms with Crippen LogP contribution in [0.1, 0.15) is 21.5 Å². The number of hydrogen-bond donors (Lipinski definition) is 1. The molecule has 0 fully saturated rings. The summed E-state index contributed by atoms with van der Waals surface area (Å²) in [5.41, 5.74) is 4.38. The van der Waals surface area contributed by atoms with Crippen molar-refractivity contribution in [3.63, 3.8) is 0 Å². The average Bonchev–Trinajstić information content (AvgIpc) is 2.49. The highest BCUT2D eigenvalue weighted by Gasteiger charge is 2.11. The number of hydrogen-bond acceptors (Lipinski definition) is 2. The summed E-state index contributed by atoms with van der Waals surface area (Å²) >= 11 is 0. The Morgan fingerprint density at radius 3 is 2.67 bits per heavy atom. The zero-order valence-corrected chi connectivity index (χ0v) is 12.1. The van der Waals surface area contributed by atoms with E-state index >= 15 is 0 Å². The van der Waals surface area contributed by atoms with Crippen LogP contribution in [0.3, 0.4) is 0 Å². The lowest BCUT2D eigenvalue weighted by Crippen LogP contribution is -2.13. The molecule has 0 bridgehead atoms.